The third kappa shape index (κ3) is 6.66. The van der Waals surface area contributed by atoms with Crippen molar-refractivity contribution in [2.75, 3.05) is 20.3 Å². The van der Waals surface area contributed by atoms with Crippen LogP contribution in [0.1, 0.15) is 25.8 Å². The maximum Gasteiger partial charge on any atom is 0.329 e. The number of carbonyl (C=O) groups excluding carboxylic acids is 2. The van der Waals surface area contributed by atoms with Gasteiger partial charge in [-0.05, 0) is 32.4 Å². The summed E-state index contributed by atoms with van der Waals surface area (Å²) in [6.07, 6.45) is 1.96. The highest BCUT2D eigenvalue weighted by Gasteiger charge is 2.11. The van der Waals surface area contributed by atoms with Crippen molar-refractivity contribution in [3.8, 4) is 11.5 Å². The molecule has 3 N–H and O–H groups in total. The molecule has 0 aromatic heterocycles. The summed E-state index contributed by atoms with van der Waals surface area (Å²) in [5, 5.41) is 15.9. The molecule has 8 heteroatoms. The van der Waals surface area contributed by atoms with E-state index in [1.54, 1.807) is 18.2 Å². The van der Waals surface area contributed by atoms with Crippen molar-refractivity contribution in [1.29, 1.82) is 0 Å². The highest BCUT2D eigenvalue weighted by Crippen LogP contribution is 2.27. The van der Waals surface area contributed by atoms with Crippen LogP contribution in [-0.2, 0) is 14.3 Å². The summed E-state index contributed by atoms with van der Waals surface area (Å²) < 4.78 is 10.3. The van der Waals surface area contributed by atoms with E-state index in [1.807, 2.05) is 13.8 Å². The summed E-state index contributed by atoms with van der Waals surface area (Å²) in [7, 11) is 1.42. The zero-order valence-corrected chi connectivity index (χ0v) is 14.0. The van der Waals surface area contributed by atoms with Gasteiger partial charge in [-0.25, -0.2) is 5.43 Å². The molecule has 0 aliphatic rings. The van der Waals surface area contributed by atoms with Crippen LogP contribution in [-0.4, -0.2) is 49.5 Å². The molecule has 2 amide bonds. The molecule has 132 valence electrons. The number of hydrogen-bond acceptors (Lipinski definition) is 6. The van der Waals surface area contributed by atoms with Gasteiger partial charge in [0.05, 0.1) is 19.4 Å². The van der Waals surface area contributed by atoms with Crippen molar-refractivity contribution in [3.63, 3.8) is 0 Å². The van der Waals surface area contributed by atoms with Gasteiger partial charge in [0, 0.05) is 18.7 Å². The Morgan fingerprint density at radius 2 is 2.08 bits per heavy atom. The molecule has 0 bridgehead atoms. The minimum absolute atomic E-state index is 0.104. The van der Waals surface area contributed by atoms with Crippen LogP contribution in [0.4, 0.5) is 0 Å². The number of carbonyl (C=O) groups is 2. The lowest BCUT2D eigenvalue weighted by Gasteiger charge is -2.07. The SMILES string of the molecule is COc1cccc(/C=N\NC(=O)C(=O)NCCCOC(C)C)c1O. The predicted molar refractivity (Wildman–Crippen MR) is 89.1 cm³/mol. The molecule has 0 heterocycles. The average Bonchev–Trinajstić information content (AvgIpc) is 2.55. The zero-order valence-electron chi connectivity index (χ0n) is 14.0. The van der Waals surface area contributed by atoms with Crippen molar-refractivity contribution >= 4 is 18.0 Å². The first-order chi connectivity index (χ1) is 11.5. The topological polar surface area (TPSA) is 109 Å². The number of nitrogens with zero attached hydrogens (tertiary/aromatic N) is 1. The lowest BCUT2D eigenvalue weighted by molar-refractivity contribution is -0.139. The Morgan fingerprint density at radius 3 is 2.75 bits per heavy atom. The van der Waals surface area contributed by atoms with Crippen LogP contribution in [0.15, 0.2) is 23.3 Å². The summed E-state index contributed by atoms with van der Waals surface area (Å²) in [5.41, 5.74) is 2.44. The quantitative estimate of drug-likeness (QED) is 0.281. The number of phenols is 1. The Balaban J connectivity index is 2.38. The van der Waals surface area contributed by atoms with E-state index in [-0.39, 0.29) is 17.6 Å². The molecule has 1 aromatic carbocycles. The van der Waals surface area contributed by atoms with E-state index in [0.717, 1.165) is 0 Å². The molecule has 24 heavy (non-hydrogen) atoms. The normalized spacial score (nSPS) is 10.8. The fourth-order valence-corrected chi connectivity index (χ4v) is 1.69. The maximum absolute atomic E-state index is 11.6. The predicted octanol–water partition coefficient (Wildman–Crippen LogP) is 0.782. The maximum atomic E-state index is 11.6. The first kappa shape index (κ1) is 19.4. The number of methoxy groups -OCH3 is 1. The minimum atomic E-state index is -0.890. The second-order valence-electron chi connectivity index (χ2n) is 5.13. The van der Waals surface area contributed by atoms with Gasteiger partial charge in [0.2, 0.25) is 0 Å². The number of amides is 2. The molecule has 0 saturated carbocycles. The van der Waals surface area contributed by atoms with E-state index >= 15 is 0 Å². The van der Waals surface area contributed by atoms with E-state index in [1.165, 1.54) is 13.3 Å². The number of ether oxygens (including phenoxy) is 2. The number of para-hydroxylation sites is 1. The smallest absolute Gasteiger partial charge is 0.329 e. The van der Waals surface area contributed by atoms with E-state index < -0.39 is 11.8 Å². The number of phenolic OH excluding ortho intramolecular Hbond substituents is 1. The van der Waals surface area contributed by atoms with Crippen molar-refractivity contribution in [2.45, 2.75) is 26.4 Å². The van der Waals surface area contributed by atoms with Crippen LogP contribution < -0.4 is 15.5 Å². The van der Waals surface area contributed by atoms with Crippen LogP contribution in [0.25, 0.3) is 0 Å². The number of hydrogen-bond donors (Lipinski definition) is 3. The van der Waals surface area contributed by atoms with Gasteiger partial charge in [-0.15, -0.1) is 0 Å². The molecule has 0 aliphatic heterocycles. The van der Waals surface area contributed by atoms with Gasteiger partial charge in [0.1, 0.15) is 0 Å². The number of benzene rings is 1. The van der Waals surface area contributed by atoms with Crippen LogP contribution in [0, 0.1) is 0 Å². The molecule has 0 unspecified atom stereocenters. The van der Waals surface area contributed by atoms with Gasteiger partial charge < -0.3 is 19.9 Å². The van der Waals surface area contributed by atoms with Gasteiger partial charge in [-0.1, -0.05) is 6.07 Å². The fraction of sp³-hybridized carbons (Fsp3) is 0.438. The molecule has 8 nitrogen and oxygen atoms in total. The van der Waals surface area contributed by atoms with Gasteiger partial charge in [-0.3, -0.25) is 9.59 Å². The van der Waals surface area contributed by atoms with Crippen molar-refractivity contribution in [3.05, 3.63) is 23.8 Å². The fourth-order valence-electron chi connectivity index (χ4n) is 1.69. The van der Waals surface area contributed by atoms with Gasteiger partial charge in [-0.2, -0.15) is 5.10 Å². The van der Waals surface area contributed by atoms with E-state index in [2.05, 4.69) is 15.8 Å². The minimum Gasteiger partial charge on any atom is -0.504 e. The molecule has 0 atom stereocenters. The Morgan fingerprint density at radius 1 is 1.33 bits per heavy atom. The second kappa shape index (κ2) is 10.2. The third-order valence-electron chi connectivity index (χ3n) is 2.88. The lowest BCUT2D eigenvalue weighted by Crippen LogP contribution is -2.38. The first-order valence-corrected chi connectivity index (χ1v) is 7.54. The number of aromatic hydroxyl groups is 1. The molecular weight excluding hydrogens is 314 g/mol. The summed E-state index contributed by atoms with van der Waals surface area (Å²) in [5.74, 6) is -1.50. The van der Waals surface area contributed by atoms with Crippen molar-refractivity contribution < 1.29 is 24.2 Å². The molecule has 1 aromatic rings. The molecule has 1 rings (SSSR count). The molecule has 0 aliphatic carbocycles. The summed E-state index contributed by atoms with van der Waals surface area (Å²) >= 11 is 0. The molecule has 0 spiro atoms. The lowest BCUT2D eigenvalue weighted by atomic mass is 10.2. The molecule has 0 radical (unpaired) electrons. The van der Waals surface area contributed by atoms with Gasteiger partial charge in [0.25, 0.3) is 0 Å². The first-order valence-electron chi connectivity index (χ1n) is 7.54. The van der Waals surface area contributed by atoms with Gasteiger partial charge >= 0.3 is 11.8 Å². The van der Waals surface area contributed by atoms with E-state index in [4.69, 9.17) is 9.47 Å². The molecule has 0 saturated heterocycles. The highest BCUT2D eigenvalue weighted by molar-refractivity contribution is 6.35. The Kier molecular flexibility index (Phi) is 8.28. The van der Waals surface area contributed by atoms with E-state index in [9.17, 15) is 14.7 Å². The Hall–Kier alpha value is -2.61. The van der Waals surface area contributed by atoms with Gasteiger partial charge in [0.15, 0.2) is 11.5 Å². The Labute approximate surface area is 140 Å². The van der Waals surface area contributed by atoms with Crippen LogP contribution in [0.2, 0.25) is 0 Å². The van der Waals surface area contributed by atoms with Crippen LogP contribution in [0.5, 0.6) is 11.5 Å². The number of hydrazone groups is 1. The summed E-state index contributed by atoms with van der Waals surface area (Å²) in [6, 6.07) is 4.83. The average molecular weight is 337 g/mol. The zero-order chi connectivity index (χ0) is 17.9. The van der Waals surface area contributed by atoms with Crippen molar-refractivity contribution in [1.82, 2.24) is 10.7 Å². The monoisotopic (exact) mass is 337 g/mol. The Bertz CT molecular complexity index is 587. The second-order valence-corrected chi connectivity index (χ2v) is 5.13. The summed E-state index contributed by atoms with van der Waals surface area (Å²) in [6.45, 7) is 4.68. The van der Waals surface area contributed by atoms with E-state index in [0.29, 0.717) is 25.1 Å². The number of rotatable bonds is 8. The molecule has 0 fully saturated rings. The molecular formula is C16H23N3O5. The van der Waals surface area contributed by atoms with Crippen LogP contribution in [0.3, 0.4) is 0 Å². The highest BCUT2D eigenvalue weighted by atomic mass is 16.5. The third-order valence-corrected chi connectivity index (χ3v) is 2.88. The largest absolute Gasteiger partial charge is 0.504 e. The number of nitrogens with one attached hydrogen (secondary N) is 2. The van der Waals surface area contributed by atoms with Crippen LogP contribution >= 0.6 is 0 Å². The van der Waals surface area contributed by atoms with Crippen molar-refractivity contribution in [2.24, 2.45) is 5.10 Å². The summed E-state index contributed by atoms with van der Waals surface area (Å²) in [4.78, 5) is 23.1. The standard InChI is InChI=1S/C16H23N3O5/c1-11(2)24-9-5-8-17-15(21)16(22)19-18-10-12-6-4-7-13(23-3)14(12)20/h4,6-7,10-11,20H,5,8-9H2,1-3H3,(H,17,21)(H,19,22)/b18-10-.